The van der Waals surface area contributed by atoms with Crippen LogP contribution < -0.4 is 15.0 Å². The highest BCUT2D eigenvalue weighted by Gasteiger charge is 2.17. The second kappa shape index (κ2) is 11.9. The molecule has 0 bridgehead atoms. The van der Waals surface area contributed by atoms with Gasteiger partial charge in [0.1, 0.15) is 12.2 Å². The van der Waals surface area contributed by atoms with Gasteiger partial charge in [0, 0.05) is 9.86 Å². The van der Waals surface area contributed by atoms with E-state index in [2.05, 4.69) is 37.0 Å². The molecule has 4 aromatic carbocycles. The monoisotopic (exact) mass is 701 g/mol. The molecule has 2 aromatic heterocycles. The predicted molar refractivity (Wildman–Crippen MR) is 170 cm³/mol. The molecule has 0 saturated carbocycles. The second-order valence-corrected chi connectivity index (χ2v) is 11.2. The molecule has 0 radical (unpaired) electrons. The van der Waals surface area contributed by atoms with E-state index < -0.39 is 5.97 Å². The average molecular weight is 703 g/mol. The van der Waals surface area contributed by atoms with Crippen LogP contribution in [0, 0.1) is 0 Å². The van der Waals surface area contributed by atoms with Crippen LogP contribution in [-0.4, -0.2) is 34.1 Å². The maximum absolute atomic E-state index is 13.6. The smallest absolute Gasteiger partial charge is 0.335 e. The van der Waals surface area contributed by atoms with E-state index in [1.54, 1.807) is 42.5 Å². The van der Waals surface area contributed by atoms with Gasteiger partial charge in [-0.1, -0.05) is 40.2 Å². The third kappa shape index (κ3) is 5.81. The van der Waals surface area contributed by atoms with E-state index in [0.29, 0.717) is 43.8 Å². The predicted octanol–water partition coefficient (Wildman–Crippen LogP) is 7.50. The lowest BCUT2D eigenvalue weighted by Gasteiger charge is -2.14. The van der Waals surface area contributed by atoms with Gasteiger partial charge in [-0.15, -0.1) is 0 Å². The van der Waals surface area contributed by atoms with Gasteiger partial charge in [0.15, 0.2) is 17.3 Å². The van der Waals surface area contributed by atoms with E-state index in [1.165, 1.54) is 30.1 Å². The molecule has 0 aliphatic heterocycles. The number of carbonyl (C=O) groups is 1. The summed E-state index contributed by atoms with van der Waals surface area (Å²) >= 11 is 7.03. The Hall–Kier alpha value is -4.74. The summed E-state index contributed by atoms with van der Waals surface area (Å²) < 4.78 is 20.4. The van der Waals surface area contributed by atoms with E-state index >= 15 is 0 Å². The fourth-order valence-corrected chi connectivity index (χ4v) is 5.45. The van der Waals surface area contributed by atoms with E-state index in [1.807, 2.05) is 30.3 Å². The van der Waals surface area contributed by atoms with Crippen molar-refractivity contribution in [3.05, 3.63) is 121 Å². The van der Waals surface area contributed by atoms with Crippen molar-refractivity contribution < 1.29 is 23.8 Å². The normalized spacial score (nSPS) is 11.4. The van der Waals surface area contributed by atoms with Crippen molar-refractivity contribution in [1.29, 1.82) is 0 Å². The standard InChI is InChI=1S/C32H21Br2N3O6/c1-41-27-13-19(12-24(34)29(27)42-17-18-6-8-20(9-7-18)32(39)40)16-35-37-30(36-25-5-3-2-4-23(25)31(37)38)28-15-21-14-22(33)10-11-26(21)43-28/h2-16H,17H2,1H3,(H,39,40). The second-order valence-electron chi connectivity index (χ2n) is 9.43. The van der Waals surface area contributed by atoms with Gasteiger partial charge >= 0.3 is 5.97 Å². The van der Waals surface area contributed by atoms with Crippen molar-refractivity contribution in [2.24, 2.45) is 5.10 Å². The zero-order valence-electron chi connectivity index (χ0n) is 22.5. The minimum absolute atomic E-state index is 0.192. The van der Waals surface area contributed by atoms with E-state index in [4.69, 9.17) is 24.0 Å². The Labute approximate surface area is 261 Å². The first kappa shape index (κ1) is 28.4. The van der Waals surface area contributed by atoms with Crippen LogP contribution >= 0.6 is 31.9 Å². The lowest BCUT2D eigenvalue weighted by Crippen LogP contribution is -2.20. The number of para-hydroxylation sites is 1. The van der Waals surface area contributed by atoms with Crippen LogP contribution in [0.3, 0.4) is 0 Å². The minimum Gasteiger partial charge on any atom is -0.493 e. The molecule has 9 nitrogen and oxygen atoms in total. The van der Waals surface area contributed by atoms with Crippen molar-refractivity contribution in [3.8, 4) is 23.1 Å². The molecule has 0 aliphatic carbocycles. The summed E-state index contributed by atoms with van der Waals surface area (Å²) in [4.78, 5) is 29.5. The molecule has 0 atom stereocenters. The van der Waals surface area contributed by atoms with Gasteiger partial charge < -0.3 is 19.0 Å². The molecule has 0 fully saturated rings. The number of aromatic carboxylic acids is 1. The Morgan fingerprint density at radius 1 is 1.05 bits per heavy atom. The summed E-state index contributed by atoms with van der Waals surface area (Å²) in [5.41, 5.74) is 2.44. The zero-order valence-corrected chi connectivity index (χ0v) is 25.6. The van der Waals surface area contributed by atoms with E-state index in [0.717, 1.165) is 15.4 Å². The number of hydrogen-bond donors (Lipinski definition) is 1. The molecule has 43 heavy (non-hydrogen) atoms. The summed E-state index contributed by atoms with van der Waals surface area (Å²) in [6.07, 6.45) is 1.53. The van der Waals surface area contributed by atoms with Crippen LogP contribution in [-0.2, 0) is 6.61 Å². The van der Waals surface area contributed by atoms with Gasteiger partial charge in [-0.05, 0) is 87.7 Å². The molecule has 0 spiro atoms. The van der Waals surface area contributed by atoms with E-state index in [-0.39, 0.29) is 23.6 Å². The van der Waals surface area contributed by atoms with E-state index in [9.17, 15) is 9.59 Å². The molecule has 214 valence electrons. The van der Waals surface area contributed by atoms with Crippen LogP contribution in [0.4, 0.5) is 0 Å². The van der Waals surface area contributed by atoms with Gasteiger partial charge in [-0.3, -0.25) is 4.79 Å². The maximum Gasteiger partial charge on any atom is 0.335 e. The average Bonchev–Trinajstić information content (AvgIpc) is 3.43. The van der Waals surface area contributed by atoms with Crippen LogP contribution in [0.15, 0.2) is 108 Å². The Morgan fingerprint density at radius 3 is 2.60 bits per heavy atom. The number of benzene rings is 4. The Balaban J connectivity index is 1.36. The lowest BCUT2D eigenvalue weighted by atomic mass is 10.1. The summed E-state index contributed by atoms with van der Waals surface area (Å²) in [5, 5.41) is 14.9. The first-order chi connectivity index (χ1) is 20.8. The minimum atomic E-state index is -0.992. The Kier molecular flexibility index (Phi) is 7.83. The van der Waals surface area contributed by atoms with Gasteiger partial charge in [-0.2, -0.15) is 9.78 Å². The number of carboxylic acid groups (broad SMARTS) is 1. The van der Waals surface area contributed by atoms with Gasteiger partial charge in [-0.25, -0.2) is 9.78 Å². The molecule has 0 amide bonds. The third-order valence-corrected chi connectivity index (χ3v) is 7.69. The zero-order chi connectivity index (χ0) is 30.1. The van der Waals surface area contributed by atoms with Crippen molar-refractivity contribution in [3.63, 3.8) is 0 Å². The number of carboxylic acids is 1. The molecule has 0 saturated heterocycles. The summed E-state index contributed by atoms with van der Waals surface area (Å²) in [6.45, 7) is 0.192. The Morgan fingerprint density at radius 2 is 1.84 bits per heavy atom. The fourth-order valence-electron chi connectivity index (χ4n) is 4.49. The summed E-state index contributed by atoms with van der Waals surface area (Å²) in [7, 11) is 1.52. The summed E-state index contributed by atoms with van der Waals surface area (Å²) in [5.74, 6) is 0.554. The maximum atomic E-state index is 13.6. The van der Waals surface area contributed by atoms with Crippen LogP contribution in [0.25, 0.3) is 33.5 Å². The van der Waals surface area contributed by atoms with Gasteiger partial charge in [0.05, 0.1) is 34.3 Å². The first-order valence-electron chi connectivity index (χ1n) is 12.9. The SMILES string of the molecule is COc1cc(C=Nn2c(-c3cc4cc(Br)ccc4o3)nc3ccccc3c2=O)cc(Br)c1OCc1ccc(C(=O)O)cc1. The van der Waals surface area contributed by atoms with Crippen molar-refractivity contribution in [1.82, 2.24) is 9.66 Å². The number of fused-ring (bicyclic) bond motifs is 2. The molecule has 1 N–H and O–H groups in total. The molecule has 0 unspecified atom stereocenters. The molecular weight excluding hydrogens is 682 g/mol. The number of hydrogen-bond acceptors (Lipinski definition) is 7. The van der Waals surface area contributed by atoms with Crippen molar-refractivity contribution in [2.45, 2.75) is 6.61 Å². The van der Waals surface area contributed by atoms with Crippen molar-refractivity contribution in [2.75, 3.05) is 7.11 Å². The quantitative estimate of drug-likeness (QED) is 0.163. The molecule has 0 aliphatic rings. The third-order valence-electron chi connectivity index (χ3n) is 6.61. The molecule has 6 rings (SSSR count). The lowest BCUT2D eigenvalue weighted by molar-refractivity contribution is 0.0697. The number of methoxy groups -OCH3 is 1. The highest BCUT2D eigenvalue weighted by molar-refractivity contribution is 9.10. The molecule has 6 aromatic rings. The topological polar surface area (TPSA) is 116 Å². The largest absolute Gasteiger partial charge is 0.493 e. The number of aromatic nitrogens is 2. The number of halogens is 2. The van der Waals surface area contributed by atoms with Gasteiger partial charge in [0.2, 0.25) is 5.82 Å². The molecule has 2 heterocycles. The number of ether oxygens (including phenoxy) is 2. The number of furan rings is 1. The fraction of sp³-hybridized carbons (Fsp3) is 0.0625. The molecule has 11 heteroatoms. The Bertz CT molecular complexity index is 2100. The van der Waals surface area contributed by atoms with Crippen LogP contribution in [0.2, 0.25) is 0 Å². The molecular formula is C32H21Br2N3O6. The van der Waals surface area contributed by atoms with Crippen molar-refractivity contribution >= 4 is 65.9 Å². The number of nitrogens with zero attached hydrogens (tertiary/aromatic N) is 3. The van der Waals surface area contributed by atoms with Crippen LogP contribution in [0.5, 0.6) is 11.5 Å². The first-order valence-corrected chi connectivity index (χ1v) is 14.5. The summed E-state index contributed by atoms with van der Waals surface area (Å²) in [6, 6.07) is 24.5. The number of rotatable bonds is 8. The highest BCUT2D eigenvalue weighted by Crippen LogP contribution is 2.37. The van der Waals surface area contributed by atoms with Gasteiger partial charge in [0.25, 0.3) is 5.56 Å². The van der Waals surface area contributed by atoms with Crippen LogP contribution in [0.1, 0.15) is 21.5 Å². The highest BCUT2D eigenvalue weighted by atomic mass is 79.9.